The molecule has 3 aromatic heterocycles. The van der Waals surface area contributed by atoms with Gasteiger partial charge in [-0.3, -0.25) is 0 Å². The number of rotatable bonds is 9. The van der Waals surface area contributed by atoms with Gasteiger partial charge in [0.15, 0.2) is 15.4 Å². The summed E-state index contributed by atoms with van der Waals surface area (Å²) in [6.07, 6.45) is 9.20. The van der Waals surface area contributed by atoms with Gasteiger partial charge in [0.05, 0.1) is 48.0 Å². The zero-order valence-electron chi connectivity index (χ0n) is 47.6. The van der Waals surface area contributed by atoms with E-state index in [1.807, 2.05) is 62.4 Å². The summed E-state index contributed by atoms with van der Waals surface area (Å²) in [5.41, 5.74) is 8.45. The smallest absolute Gasteiger partial charge is 0.337 e. The summed E-state index contributed by atoms with van der Waals surface area (Å²) in [5.74, 6) is -1.55. The number of anilines is 6. The van der Waals surface area contributed by atoms with Gasteiger partial charge in [-0.25, -0.2) is 29.3 Å². The number of ether oxygens (including phenoxy) is 2. The molecular formula is C60H77N6O6PdS3-. The van der Waals surface area contributed by atoms with E-state index in [1.165, 1.54) is 53.1 Å². The van der Waals surface area contributed by atoms with E-state index in [0.717, 1.165) is 51.0 Å². The molecule has 76 heavy (non-hydrogen) atoms. The molecule has 0 radical (unpaired) electrons. The van der Waals surface area contributed by atoms with Gasteiger partial charge in [0, 0.05) is 106 Å². The van der Waals surface area contributed by atoms with E-state index in [2.05, 4.69) is 105 Å². The summed E-state index contributed by atoms with van der Waals surface area (Å²) < 4.78 is 9.51. The first-order valence-electron chi connectivity index (χ1n) is 25.1. The van der Waals surface area contributed by atoms with Crippen molar-refractivity contribution in [3.63, 3.8) is 0 Å². The fraction of sp³-hybridized carbons (Fsp3) is 0.450. The Morgan fingerprint density at radius 1 is 0.461 bits per heavy atom. The number of allylic oxidation sites excluding steroid dienone is 2. The molecule has 0 spiro atoms. The van der Waals surface area contributed by atoms with Crippen molar-refractivity contribution in [1.82, 2.24) is 15.0 Å². The van der Waals surface area contributed by atoms with E-state index in [0.29, 0.717) is 16.7 Å². The van der Waals surface area contributed by atoms with Crippen LogP contribution < -0.4 is 14.7 Å². The second kappa shape index (κ2) is 23.0. The van der Waals surface area contributed by atoms with Crippen LogP contribution in [-0.2, 0) is 62.4 Å². The van der Waals surface area contributed by atoms with Crippen molar-refractivity contribution in [2.45, 2.75) is 141 Å². The van der Waals surface area contributed by atoms with Gasteiger partial charge in [-0.1, -0.05) is 95.2 Å². The Morgan fingerprint density at radius 3 is 1.05 bits per heavy atom. The number of carboxylic acids is 1. The number of esters is 2. The Balaban J connectivity index is 0.000000208. The molecule has 3 aromatic carbocycles. The molecule has 0 bridgehead atoms. The van der Waals surface area contributed by atoms with Gasteiger partial charge in [0.1, 0.15) is 0 Å². The third kappa shape index (κ3) is 12.7. The molecule has 0 saturated carbocycles. The first-order chi connectivity index (χ1) is 34.4. The van der Waals surface area contributed by atoms with E-state index < -0.39 is 5.97 Å². The fourth-order valence-corrected chi connectivity index (χ4v) is 13.4. The molecule has 0 amide bonds. The molecule has 0 unspecified atom stereocenters. The molecule has 16 heteroatoms. The number of thiazole rings is 3. The number of carbonyl (C=O) groups excluding carboxylic acids is 2. The van der Waals surface area contributed by atoms with Crippen LogP contribution in [0.5, 0.6) is 0 Å². The number of benzene rings is 3. The third-order valence-electron chi connectivity index (χ3n) is 14.9. The van der Waals surface area contributed by atoms with Gasteiger partial charge < -0.3 is 36.7 Å². The number of aromatic nitrogens is 3. The first kappa shape index (κ1) is 61.6. The molecule has 3 aliphatic carbocycles. The van der Waals surface area contributed by atoms with Crippen LogP contribution in [0.4, 0.5) is 32.5 Å². The number of nitrogens with zero attached hydrogens (tertiary/aromatic N) is 6. The summed E-state index contributed by atoms with van der Waals surface area (Å²) in [7, 11) is 8.80. The summed E-state index contributed by atoms with van der Waals surface area (Å²) in [4.78, 5) is 59.4. The average Bonchev–Trinajstić information content (AvgIpc) is 4.17. The maximum absolute atomic E-state index is 11.6. The molecule has 0 saturated heterocycles. The van der Waals surface area contributed by atoms with Crippen LogP contribution in [0, 0.1) is 7.43 Å². The van der Waals surface area contributed by atoms with E-state index in [9.17, 15) is 14.4 Å². The Bertz CT molecular complexity index is 2890. The largest absolute Gasteiger partial charge is 0.478 e. The standard InChI is InChI=1S/C20H26N2O2S.C20H24N2O2S.C19H24N2O2S.CH3.Pd/c2*1-19(2)11-12-20(3,4)16-15(19)21-18(25-16)22(5)14-9-7-13(8-10-14)17(23)24-6;1-18(2)10-11-19(3,4)15-14(18)20-17(24-15)21(5)13-8-6-12(7-9-13)16(22)23;;/h7-10H,11-12H2,1-6H3;7-12H,1-6H3;6-9H,10-11H2,1-5H3,(H,22,23);1H3;/q;;;-1;. The molecule has 1 N–H and O–H groups in total. The van der Waals surface area contributed by atoms with Crippen molar-refractivity contribution in [1.29, 1.82) is 0 Å². The van der Waals surface area contributed by atoms with Crippen LogP contribution in [0.1, 0.15) is 172 Å². The van der Waals surface area contributed by atoms with Gasteiger partial charge >= 0.3 is 17.9 Å². The third-order valence-corrected chi connectivity index (χ3v) is 19.4. The van der Waals surface area contributed by atoms with Gasteiger partial charge in [-0.05, 0) is 98.5 Å². The van der Waals surface area contributed by atoms with Crippen molar-refractivity contribution in [2.75, 3.05) is 50.1 Å². The molecule has 0 aliphatic heterocycles. The molecule has 9 rings (SSSR count). The van der Waals surface area contributed by atoms with E-state index in [4.69, 9.17) is 29.5 Å². The monoisotopic (exact) mass is 1180 g/mol. The molecule has 0 atom stereocenters. The minimum atomic E-state index is -0.905. The molecule has 6 aromatic rings. The van der Waals surface area contributed by atoms with Gasteiger partial charge in [0.25, 0.3) is 0 Å². The second-order valence-corrected chi connectivity index (χ2v) is 26.4. The zero-order valence-corrected chi connectivity index (χ0v) is 51.6. The molecular weight excluding hydrogens is 1100 g/mol. The van der Waals surface area contributed by atoms with Gasteiger partial charge in [-0.2, -0.15) is 0 Å². The van der Waals surface area contributed by atoms with Crippen LogP contribution in [0.2, 0.25) is 0 Å². The topological polar surface area (TPSA) is 138 Å². The Labute approximate surface area is 477 Å². The van der Waals surface area contributed by atoms with Crippen LogP contribution in [0.15, 0.2) is 84.9 Å². The predicted molar refractivity (Wildman–Crippen MR) is 312 cm³/mol. The van der Waals surface area contributed by atoms with Crippen molar-refractivity contribution >= 4 is 84.4 Å². The Hall–Kier alpha value is -5.24. The molecule has 3 aliphatic rings. The zero-order chi connectivity index (χ0) is 54.5. The molecule has 412 valence electrons. The minimum absolute atomic E-state index is 0. The summed E-state index contributed by atoms with van der Waals surface area (Å²) in [6.45, 7) is 27.2. The predicted octanol–water partition coefficient (Wildman–Crippen LogP) is 15.3. The number of fused-ring (bicyclic) bond motifs is 3. The number of aromatic carboxylic acids is 1. The quantitative estimate of drug-likeness (QED) is 0.0638. The van der Waals surface area contributed by atoms with Crippen molar-refractivity contribution in [2.24, 2.45) is 0 Å². The van der Waals surface area contributed by atoms with E-state index in [-0.39, 0.29) is 72.3 Å². The van der Waals surface area contributed by atoms with Crippen molar-refractivity contribution in [3.05, 3.63) is 141 Å². The van der Waals surface area contributed by atoms with Gasteiger partial charge in [0.2, 0.25) is 0 Å². The van der Waals surface area contributed by atoms with Crippen LogP contribution in [-0.4, -0.2) is 73.3 Å². The number of hydrogen-bond donors (Lipinski definition) is 1. The Morgan fingerprint density at radius 2 is 0.750 bits per heavy atom. The fourth-order valence-electron chi connectivity index (χ4n) is 9.39. The second-order valence-electron chi connectivity index (χ2n) is 23.4. The number of carboxylic acid groups (broad SMARTS) is 1. The number of methoxy groups -OCH3 is 2. The van der Waals surface area contributed by atoms with E-state index in [1.54, 1.807) is 70.4 Å². The first-order valence-corrected chi connectivity index (χ1v) is 27.5. The number of hydrogen-bond acceptors (Lipinski definition) is 14. The number of carbonyl (C=O) groups is 3. The minimum Gasteiger partial charge on any atom is -0.478 e. The average molecular weight is 1180 g/mol. The molecule has 0 fully saturated rings. The normalized spacial score (nSPS) is 17.1. The van der Waals surface area contributed by atoms with Crippen LogP contribution >= 0.6 is 34.0 Å². The summed E-state index contributed by atoms with van der Waals surface area (Å²) in [5, 5.41) is 12.0. The van der Waals surface area contributed by atoms with Crippen molar-refractivity contribution in [3.8, 4) is 0 Å². The SMILES string of the molecule is CN(c1ccc(C(=O)O)cc1)c1nc2c(s1)C(C)(C)CCC2(C)C.COC(=O)c1ccc(N(C)c2nc3c(s2)C(C)(C)C=CC3(C)C)cc1.COC(=O)c1ccc(N(C)c2nc3c(s2)C(C)(C)CCC3(C)C)cc1.[CH3-].[Pd]. The van der Waals surface area contributed by atoms with Gasteiger partial charge in [-0.15, -0.1) is 34.0 Å². The van der Waals surface area contributed by atoms with Crippen LogP contribution in [0.3, 0.4) is 0 Å². The molecule has 12 nitrogen and oxygen atoms in total. The van der Waals surface area contributed by atoms with Crippen LogP contribution in [0.25, 0.3) is 0 Å². The maximum Gasteiger partial charge on any atom is 0.337 e. The van der Waals surface area contributed by atoms with Crippen molar-refractivity contribution < 1.29 is 49.4 Å². The summed E-state index contributed by atoms with van der Waals surface area (Å²) >= 11 is 5.28. The Kier molecular flexibility index (Phi) is 18.6. The molecule has 3 heterocycles. The van der Waals surface area contributed by atoms with E-state index >= 15 is 0 Å². The summed E-state index contributed by atoms with van der Waals surface area (Å²) in [6, 6.07) is 21.8. The maximum atomic E-state index is 11.6.